The molecule has 0 unspecified atom stereocenters. The summed E-state index contributed by atoms with van der Waals surface area (Å²) in [6, 6.07) is 48.9. The van der Waals surface area contributed by atoms with Gasteiger partial charge in [-0.05, 0) is 193 Å². The number of pyridine rings is 3. The first-order valence-electron chi connectivity index (χ1n) is 40.0. The first-order valence-corrected chi connectivity index (χ1v) is 43.2. The number of aryl methyl sites for hydroxylation is 1. The van der Waals surface area contributed by atoms with Crippen LogP contribution in [-0.2, 0) is 40.1 Å². The van der Waals surface area contributed by atoms with E-state index in [4.69, 9.17) is 64.9 Å². The molecule has 0 aliphatic carbocycles. The molecule has 14 rings (SSSR count). The molecule has 0 bridgehead atoms. The highest BCUT2D eigenvalue weighted by Gasteiger charge is 2.35. The number of amides is 3. The molecule has 0 saturated carbocycles. The average molecular weight is 1880 g/mol. The van der Waals surface area contributed by atoms with Gasteiger partial charge in [0, 0.05) is 85.6 Å². The van der Waals surface area contributed by atoms with Crippen molar-refractivity contribution in [3.63, 3.8) is 0 Å². The minimum absolute atomic E-state index is 0.0322. The molecule has 678 valence electrons. The maximum atomic E-state index is 14.2. The molecule has 130 heavy (non-hydrogen) atoms. The fraction of sp³-hybridized carbons (Fsp3) is 0.245. The van der Waals surface area contributed by atoms with Gasteiger partial charge in [0.15, 0.2) is 35.0 Å². The first kappa shape index (κ1) is 95.8. The third-order valence-corrected chi connectivity index (χ3v) is 23.2. The van der Waals surface area contributed by atoms with Crippen LogP contribution in [0.4, 0.5) is 27.2 Å². The number of nitrogens with zero attached hydrogens (tertiary/aromatic N) is 4. The molecule has 0 atom stereocenters. The van der Waals surface area contributed by atoms with E-state index in [0.717, 1.165) is 35.2 Å². The number of methoxy groups -OCH3 is 3. The van der Waals surface area contributed by atoms with Gasteiger partial charge < -0.3 is 86.2 Å². The Hall–Kier alpha value is -13.3. The number of fused-ring (bicyclic) bond motifs is 7. The monoisotopic (exact) mass is 1880 g/mol. The lowest BCUT2D eigenvalue weighted by Gasteiger charge is -2.27. The van der Waals surface area contributed by atoms with Crippen molar-refractivity contribution in [3.05, 3.63) is 294 Å². The Morgan fingerprint density at radius 1 is 0.485 bits per heavy atom. The largest absolute Gasteiger partial charge is 0.505 e. The minimum Gasteiger partial charge on any atom is -0.505 e. The fourth-order valence-electron chi connectivity index (χ4n) is 13.4. The first-order chi connectivity index (χ1) is 61.8. The summed E-state index contributed by atoms with van der Waals surface area (Å²) in [6.45, 7) is 13.2. The molecule has 0 aliphatic heterocycles. The van der Waals surface area contributed by atoms with Gasteiger partial charge in [-0.1, -0.05) is 113 Å². The number of alkyl halides is 3. The van der Waals surface area contributed by atoms with E-state index in [0.29, 0.717) is 94.8 Å². The smallest absolute Gasteiger partial charge is 0.417 e. The fourth-order valence-corrected chi connectivity index (χ4v) is 16.5. The number of hydrogen-bond donors (Lipinski definition) is 5. The van der Waals surface area contributed by atoms with Crippen LogP contribution < -0.4 is 63.1 Å². The highest BCUT2D eigenvalue weighted by atomic mass is 35.5. The Bertz CT molecular complexity index is 7000. The number of nitrogens with one attached hydrogen (secondary N) is 2. The van der Waals surface area contributed by atoms with Gasteiger partial charge in [-0.3, -0.25) is 19.2 Å². The second-order valence-electron chi connectivity index (χ2n) is 31.2. The predicted octanol–water partition coefficient (Wildman–Crippen LogP) is 18.7. The number of carbonyl (C=O) groups is 3. The van der Waals surface area contributed by atoms with Crippen LogP contribution in [0.25, 0.3) is 54.7 Å². The van der Waals surface area contributed by atoms with E-state index in [2.05, 4.69) is 10.6 Å². The van der Waals surface area contributed by atoms with Crippen LogP contribution >= 0.6 is 58.5 Å². The van der Waals surface area contributed by atoms with Gasteiger partial charge in [0.2, 0.25) is 0 Å². The molecule has 0 aliphatic rings. The standard InChI is InChI=1S/C43H48ClFN4O10S.C28H20F3NO6S.C23H18ClNO5S/c1-42(2,3)58-40(54)47-19-9-21-48(41(55)59-43(4,5)6)20-8-18-46-33(50)25-56-29-16-17-31-32(23-29)49(24-26-12-14-28(45)15-13-26)38(52)34-35(51)37(39(53)57-36(31)34)60-30-11-7-10-27(44)22-30;1-36-16-7-5-6-15(12-16)14-32-20-13-17(37-2)10-11-18(20)24-22(26(32)34)23(33)25(27(35)38-24)39-21-9-4-3-8-19(21)28(29,30)31;1-13-11-18-19(22(27)25(13)12-14-3-5-15(24)6-4-14)20(26)21(23(28)30-18)31-17-9-7-16(29-2)8-10-17/h7,10-17,22-23,51H,8-9,18-21,24-25H2,1-6H3,(H,46,50)(H,47,54);3-13,33H,14H2,1-2H3;3-11,26H,12H2,1-2H3. The van der Waals surface area contributed by atoms with E-state index < -0.39 is 103 Å². The van der Waals surface area contributed by atoms with Crippen molar-refractivity contribution in [1.29, 1.82) is 0 Å². The molecule has 3 amide bonds. The summed E-state index contributed by atoms with van der Waals surface area (Å²) in [5.74, 6) is -0.749. The topological polar surface area (TPSA) is 351 Å². The highest BCUT2D eigenvalue weighted by Crippen LogP contribution is 2.45. The van der Waals surface area contributed by atoms with Crippen LogP contribution in [0.15, 0.2) is 259 Å². The van der Waals surface area contributed by atoms with E-state index >= 15 is 0 Å². The molecule has 36 heteroatoms. The minimum atomic E-state index is -4.70. The number of halogens is 6. The molecule has 6 heterocycles. The van der Waals surface area contributed by atoms with Crippen molar-refractivity contribution in [2.45, 2.75) is 128 Å². The molecule has 14 aromatic rings. The second kappa shape index (κ2) is 41.4. The Morgan fingerprint density at radius 3 is 1.55 bits per heavy atom. The Balaban J connectivity index is 0.000000188. The van der Waals surface area contributed by atoms with Gasteiger partial charge in [0.05, 0.1) is 57.6 Å². The number of ether oxygens (including phenoxy) is 6. The molecule has 8 aromatic carbocycles. The van der Waals surface area contributed by atoms with Crippen LogP contribution in [0, 0.1) is 12.7 Å². The zero-order valence-electron chi connectivity index (χ0n) is 71.4. The Kier molecular flexibility index (Phi) is 30.5. The lowest BCUT2D eigenvalue weighted by atomic mass is 10.1. The van der Waals surface area contributed by atoms with Crippen molar-refractivity contribution in [2.75, 3.05) is 54.1 Å². The molecule has 27 nitrogen and oxygen atoms in total. The van der Waals surface area contributed by atoms with E-state index in [1.807, 2.05) is 12.1 Å². The lowest BCUT2D eigenvalue weighted by molar-refractivity contribution is -0.139. The maximum absolute atomic E-state index is 14.2. The summed E-state index contributed by atoms with van der Waals surface area (Å²) in [7, 11) is 4.53. The third kappa shape index (κ3) is 23.6. The van der Waals surface area contributed by atoms with Crippen molar-refractivity contribution in [3.8, 4) is 40.2 Å². The summed E-state index contributed by atoms with van der Waals surface area (Å²) in [6.07, 6.45) is -4.95. The summed E-state index contributed by atoms with van der Waals surface area (Å²) in [5, 5.41) is 39.9. The summed E-state index contributed by atoms with van der Waals surface area (Å²) in [5.41, 5.74) is -3.77. The molecule has 0 fully saturated rings. The van der Waals surface area contributed by atoms with Gasteiger partial charge in [-0.15, -0.1) is 0 Å². The number of aromatic nitrogens is 3. The summed E-state index contributed by atoms with van der Waals surface area (Å²) < 4.78 is 108. The van der Waals surface area contributed by atoms with Crippen LogP contribution in [-0.4, -0.2) is 117 Å². The molecule has 6 aromatic heterocycles. The lowest BCUT2D eigenvalue weighted by Crippen LogP contribution is -2.40. The molecular weight excluding hydrogens is 1790 g/mol. The van der Waals surface area contributed by atoms with E-state index in [1.54, 1.807) is 171 Å². The zero-order chi connectivity index (χ0) is 93.8. The van der Waals surface area contributed by atoms with E-state index in [-0.39, 0.29) is 110 Å². The number of benzene rings is 8. The van der Waals surface area contributed by atoms with Gasteiger partial charge in [-0.25, -0.2) is 28.4 Å². The van der Waals surface area contributed by atoms with Crippen LogP contribution in [0.5, 0.6) is 40.2 Å². The Labute approximate surface area is 761 Å². The van der Waals surface area contributed by atoms with Gasteiger partial charge in [-0.2, -0.15) is 13.2 Å². The molecule has 0 spiro atoms. The van der Waals surface area contributed by atoms with Gasteiger partial charge in [0.25, 0.3) is 22.6 Å². The molecular formula is C94H86Cl2F4N6O21S3. The third-order valence-electron chi connectivity index (χ3n) is 19.5. The average Bonchev–Trinajstić information content (AvgIpc) is 0.732. The van der Waals surface area contributed by atoms with Crippen molar-refractivity contribution >= 4 is 131 Å². The number of carbonyl (C=O) groups excluding carboxylic acids is 3. The molecule has 0 radical (unpaired) electrons. The Morgan fingerprint density at radius 2 is 0.977 bits per heavy atom. The normalized spacial score (nSPS) is 11.5. The zero-order valence-corrected chi connectivity index (χ0v) is 75.4. The highest BCUT2D eigenvalue weighted by molar-refractivity contribution is 8.00. The number of aromatic hydroxyl groups is 3. The summed E-state index contributed by atoms with van der Waals surface area (Å²) in [4.78, 5) is 119. The molecule has 5 N–H and O–H groups in total. The van der Waals surface area contributed by atoms with Crippen molar-refractivity contribution < 1.29 is 88.9 Å². The number of rotatable bonds is 26. The van der Waals surface area contributed by atoms with Crippen molar-refractivity contribution in [1.82, 2.24) is 29.2 Å². The van der Waals surface area contributed by atoms with Crippen LogP contribution in [0.1, 0.15) is 82.3 Å². The van der Waals surface area contributed by atoms with Gasteiger partial charge >= 0.3 is 35.2 Å². The SMILES string of the molecule is CC(C)(C)OC(=O)NCCCN(CCCNC(=O)COc1ccc2c3oc(=O)c(Sc4cccc(Cl)c4)c(O)c3c(=O)n(Cc3ccc(F)cc3)c2c1)C(=O)OC(C)(C)C.COc1ccc(Sc2c(O)c3c(=O)n(Cc4ccc(Cl)cc4)c(C)cc3oc2=O)cc1.COc1cccc(Cn2c(=O)c3c(O)c(Sc4ccccc4C(F)(F)F)c(=O)oc3c3ccc(OC)cc32)c1. The second-order valence-corrected chi connectivity index (χ2v) is 35.2. The molecule has 0 saturated heterocycles. The van der Waals surface area contributed by atoms with Crippen LogP contribution in [0.3, 0.4) is 0 Å². The van der Waals surface area contributed by atoms with Gasteiger partial charge in [0.1, 0.15) is 76.4 Å². The predicted molar refractivity (Wildman–Crippen MR) is 488 cm³/mol. The number of hydrogen-bond acceptors (Lipinski definition) is 24. The maximum Gasteiger partial charge on any atom is 0.417 e. The quantitative estimate of drug-likeness (QED) is 0.0191. The number of alkyl carbamates (subject to hydrolysis) is 1. The van der Waals surface area contributed by atoms with E-state index in [9.17, 15) is 76.0 Å². The van der Waals surface area contributed by atoms with E-state index in [1.165, 1.54) is 87.4 Å². The summed E-state index contributed by atoms with van der Waals surface area (Å²) >= 11 is 14.4. The van der Waals surface area contributed by atoms with Crippen LogP contribution in [0.2, 0.25) is 10.0 Å². The van der Waals surface area contributed by atoms with Crippen molar-refractivity contribution in [2.24, 2.45) is 0 Å².